The van der Waals surface area contributed by atoms with E-state index in [1.54, 1.807) is 6.08 Å². The molecule has 0 aromatic rings. The second-order valence-electron chi connectivity index (χ2n) is 3.27. The largest absolute Gasteiger partial charge is 0.344 e. The maximum absolute atomic E-state index is 8.43. The number of hydrogen-bond donors (Lipinski definition) is 1. The molecule has 2 aliphatic rings. The number of hydrogen-bond acceptors (Lipinski definition) is 2. The minimum atomic E-state index is 0.613. The zero-order chi connectivity index (χ0) is 8.39. The standard InChI is InChI=1S/C10H12O2/c11-12-10-3-1-2-8(6-7-10)9-4-5-9/h1-3,6,9,11H,4-5,7H2. The number of allylic oxidation sites excluding steroid dienone is 5. The molecule has 0 saturated heterocycles. The summed E-state index contributed by atoms with van der Waals surface area (Å²) < 4.78 is 0. The van der Waals surface area contributed by atoms with Gasteiger partial charge >= 0.3 is 0 Å². The number of rotatable bonds is 2. The zero-order valence-corrected chi connectivity index (χ0v) is 6.86. The van der Waals surface area contributed by atoms with Gasteiger partial charge in [0, 0.05) is 6.42 Å². The van der Waals surface area contributed by atoms with Crippen molar-refractivity contribution in [2.24, 2.45) is 5.92 Å². The van der Waals surface area contributed by atoms with Crippen LogP contribution in [0, 0.1) is 5.92 Å². The summed E-state index contributed by atoms with van der Waals surface area (Å²) in [5.41, 5.74) is 1.39. The van der Waals surface area contributed by atoms with Gasteiger partial charge in [0.15, 0.2) is 0 Å². The SMILES string of the molecule is OOC1=CC=CC(C2CC2)=CC1. The second kappa shape index (κ2) is 3.15. The van der Waals surface area contributed by atoms with Crippen molar-refractivity contribution in [2.75, 3.05) is 0 Å². The van der Waals surface area contributed by atoms with Crippen LogP contribution in [-0.2, 0) is 4.89 Å². The third kappa shape index (κ3) is 1.59. The zero-order valence-electron chi connectivity index (χ0n) is 6.86. The van der Waals surface area contributed by atoms with Gasteiger partial charge in [0.05, 0.1) is 0 Å². The first-order valence-electron chi connectivity index (χ1n) is 4.29. The second-order valence-corrected chi connectivity index (χ2v) is 3.27. The van der Waals surface area contributed by atoms with Gasteiger partial charge in [-0.15, -0.1) is 0 Å². The lowest BCUT2D eigenvalue weighted by molar-refractivity contribution is -0.204. The van der Waals surface area contributed by atoms with Crippen molar-refractivity contribution in [3.63, 3.8) is 0 Å². The van der Waals surface area contributed by atoms with Gasteiger partial charge in [-0.05, 0) is 30.4 Å². The summed E-state index contributed by atoms with van der Waals surface area (Å²) in [6.45, 7) is 0. The Labute approximate surface area is 71.8 Å². The molecule has 64 valence electrons. The van der Waals surface area contributed by atoms with E-state index in [2.05, 4.69) is 17.0 Å². The van der Waals surface area contributed by atoms with Crippen molar-refractivity contribution in [2.45, 2.75) is 19.3 Å². The Bertz CT molecular complexity index is 257. The first-order valence-corrected chi connectivity index (χ1v) is 4.29. The van der Waals surface area contributed by atoms with Crippen LogP contribution in [0.15, 0.2) is 35.6 Å². The third-order valence-corrected chi connectivity index (χ3v) is 2.28. The van der Waals surface area contributed by atoms with Gasteiger partial charge in [0.25, 0.3) is 0 Å². The molecule has 12 heavy (non-hydrogen) atoms. The predicted octanol–water partition coefficient (Wildman–Crippen LogP) is 2.66. The maximum Gasteiger partial charge on any atom is 0.145 e. The van der Waals surface area contributed by atoms with E-state index in [0.717, 1.165) is 5.92 Å². The van der Waals surface area contributed by atoms with Gasteiger partial charge in [-0.2, -0.15) is 0 Å². The van der Waals surface area contributed by atoms with E-state index in [1.807, 2.05) is 6.08 Å². The van der Waals surface area contributed by atoms with Gasteiger partial charge in [-0.3, -0.25) is 0 Å². The molecule has 0 unspecified atom stereocenters. The van der Waals surface area contributed by atoms with Crippen LogP contribution in [0.3, 0.4) is 0 Å². The van der Waals surface area contributed by atoms with E-state index in [0.29, 0.717) is 12.2 Å². The molecule has 1 saturated carbocycles. The van der Waals surface area contributed by atoms with Crippen molar-refractivity contribution in [1.29, 1.82) is 0 Å². The Morgan fingerprint density at radius 3 is 2.92 bits per heavy atom. The third-order valence-electron chi connectivity index (χ3n) is 2.28. The Balaban J connectivity index is 2.07. The molecule has 0 heterocycles. The van der Waals surface area contributed by atoms with Crippen LogP contribution in [0.4, 0.5) is 0 Å². The van der Waals surface area contributed by atoms with E-state index in [-0.39, 0.29) is 0 Å². The molecule has 2 rings (SSSR count). The molecule has 2 nitrogen and oxygen atoms in total. The maximum atomic E-state index is 8.43. The van der Waals surface area contributed by atoms with E-state index < -0.39 is 0 Å². The Morgan fingerprint density at radius 2 is 2.25 bits per heavy atom. The summed E-state index contributed by atoms with van der Waals surface area (Å²) in [6, 6.07) is 0. The summed E-state index contributed by atoms with van der Waals surface area (Å²) in [7, 11) is 0. The minimum absolute atomic E-state index is 0.613. The summed E-state index contributed by atoms with van der Waals surface area (Å²) in [6.07, 6.45) is 11.3. The highest BCUT2D eigenvalue weighted by atomic mass is 17.1. The molecule has 0 bridgehead atoms. The van der Waals surface area contributed by atoms with E-state index >= 15 is 0 Å². The van der Waals surface area contributed by atoms with Crippen molar-refractivity contribution >= 4 is 0 Å². The van der Waals surface area contributed by atoms with E-state index in [1.165, 1.54) is 18.4 Å². The first kappa shape index (κ1) is 7.62. The molecule has 0 aromatic carbocycles. The fourth-order valence-corrected chi connectivity index (χ4v) is 1.41. The van der Waals surface area contributed by atoms with E-state index in [4.69, 9.17) is 5.26 Å². The lowest BCUT2D eigenvalue weighted by atomic mass is 10.1. The molecule has 1 fully saturated rings. The first-order chi connectivity index (χ1) is 5.90. The minimum Gasteiger partial charge on any atom is -0.344 e. The van der Waals surface area contributed by atoms with Gasteiger partial charge in [-0.1, -0.05) is 18.2 Å². The molecule has 0 spiro atoms. The van der Waals surface area contributed by atoms with Crippen LogP contribution in [-0.4, -0.2) is 5.26 Å². The average Bonchev–Trinajstić information content (AvgIpc) is 2.91. The quantitative estimate of drug-likeness (QED) is 0.502. The highest BCUT2D eigenvalue weighted by Gasteiger charge is 2.24. The molecule has 1 N–H and O–H groups in total. The van der Waals surface area contributed by atoms with Crippen LogP contribution < -0.4 is 0 Å². The highest BCUT2D eigenvalue weighted by Crippen LogP contribution is 2.38. The van der Waals surface area contributed by atoms with Crippen LogP contribution in [0.25, 0.3) is 0 Å². The lowest BCUT2D eigenvalue weighted by Gasteiger charge is -1.97. The monoisotopic (exact) mass is 164 g/mol. The molecule has 0 amide bonds. The highest BCUT2D eigenvalue weighted by molar-refractivity contribution is 5.32. The van der Waals surface area contributed by atoms with Gasteiger partial charge < -0.3 is 4.89 Å². The summed E-state index contributed by atoms with van der Waals surface area (Å²) in [5.74, 6) is 1.38. The summed E-state index contributed by atoms with van der Waals surface area (Å²) in [4.78, 5) is 4.18. The normalized spacial score (nSPS) is 22.8. The fraction of sp³-hybridized carbons (Fsp3) is 0.400. The van der Waals surface area contributed by atoms with E-state index in [9.17, 15) is 0 Å². The Hall–Kier alpha value is -1.02. The van der Waals surface area contributed by atoms with Crippen molar-refractivity contribution in [3.8, 4) is 0 Å². The molecule has 0 aliphatic heterocycles. The fourth-order valence-electron chi connectivity index (χ4n) is 1.41. The molecule has 0 atom stereocenters. The summed E-state index contributed by atoms with van der Waals surface area (Å²) in [5, 5.41) is 8.43. The molecule has 0 radical (unpaired) electrons. The van der Waals surface area contributed by atoms with Crippen LogP contribution in [0.2, 0.25) is 0 Å². The van der Waals surface area contributed by atoms with Gasteiger partial charge in [0.2, 0.25) is 0 Å². The predicted molar refractivity (Wildman–Crippen MR) is 46.4 cm³/mol. The molecule has 2 heteroatoms. The van der Waals surface area contributed by atoms with Crippen LogP contribution in [0.5, 0.6) is 0 Å². The lowest BCUT2D eigenvalue weighted by Crippen LogP contribution is -1.84. The van der Waals surface area contributed by atoms with Crippen molar-refractivity contribution in [1.82, 2.24) is 0 Å². The molecule has 2 aliphatic carbocycles. The Kier molecular flexibility index (Phi) is 2.00. The Morgan fingerprint density at radius 1 is 1.42 bits per heavy atom. The summed E-state index contributed by atoms with van der Waals surface area (Å²) >= 11 is 0. The topological polar surface area (TPSA) is 29.5 Å². The van der Waals surface area contributed by atoms with Crippen molar-refractivity contribution in [3.05, 3.63) is 35.6 Å². The average molecular weight is 164 g/mol. The van der Waals surface area contributed by atoms with Gasteiger partial charge in [0.1, 0.15) is 5.76 Å². The smallest absolute Gasteiger partial charge is 0.145 e. The van der Waals surface area contributed by atoms with Gasteiger partial charge in [-0.25, -0.2) is 5.26 Å². The molecular weight excluding hydrogens is 152 g/mol. The van der Waals surface area contributed by atoms with Crippen LogP contribution in [0.1, 0.15) is 19.3 Å². The van der Waals surface area contributed by atoms with Crippen molar-refractivity contribution < 1.29 is 10.1 Å². The molecular formula is C10H12O2. The molecule has 0 aromatic heterocycles. The van der Waals surface area contributed by atoms with Crippen LogP contribution >= 0.6 is 0 Å².